The Bertz CT molecular complexity index is 742. The summed E-state index contributed by atoms with van der Waals surface area (Å²) in [5.41, 5.74) is 1.65. The van der Waals surface area contributed by atoms with E-state index in [2.05, 4.69) is 5.32 Å². The summed E-state index contributed by atoms with van der Waals surface area (Å²) in [4.78, 5) is 25.5. The van der Waals surface area contributed by atoms with Gasteiger partial charge in [0.2, 0.25) is 0 Å². The molecule has 144 valence electrons. The highest BCUT2D eigenvalue weighted by Crippen LogP contribution is 2.17. The van der Waals surface area contributed by atoms with Gasteiger partial charge < -0.3 is 24.4 Å². The number of carbonyl (C=O) groups excluding carboxylic acids is 2. The number of nitrogens with zero attached hydrogens (tertiary/aromatic N) is 1. The molecular weight excluding hydrogens is 348 g/mol. The summed E-state index contributed by atoms with van der Waals surface area (Å²) in [5.74, 6) is 0.201. The summed E-state index contributed by atoms with van der Waals surface area (Å²) in [7, 11) is 3.87. The number of carbonyl (C=O) groups is 2. The Kier molecular flexibility index (Phi) is 7.49. The molecule has 0 unspecified atom stereocenters. The van der Waals surface area contributed by atoms with E-state index < -0.39 is 11.9 Å². The SMILES string of the molecule is CCOc1ccc(OCC(=O)OCC(=O)Nc2ccc(N(C)C)cc2)cc1. The van der Waals surface area contributed by atoms with E-state index in [9.17, 15) is 9.59 Å². The van der Waals surface area contributed by atoms with Crippen LogP contribution in [0.3, 0.4) is 0 Å². The summed E-state index contributed by atoms with van der Waals surface area (Å²) in [6, 6.07) is 14.2. The third-order valence-electron chi connectivity index (χ3n) is 3.52. The second kappa shape index (κ2) is 10.1. The van der Waals surface area contributed by atoms with Gasteiger partial charge in [-0.3, -0.25) is 4.79 Å². The molecule has 0 bridgehead atoms. The second-order valence-corrected chi connectivity index (χ2v) is 5.84. The van der Waals surface area contributed by atoms with Gasteiger partial charge in [-0.25, -0.2) is 4.79 Å². The first kappa shape index (κ1) is 20.1. The summed E-state index contributed by atoms with van der Waals surface area (Å²) in [6.45, 7) is 1.82. The molecule has 0 spiro atoms. The highest BCUT2D eigenvalue weighted by atomic mass is 16.6. The van der Waals surface area contributed by atoms with E-state index in [-0.39, 0.29) is 13.2 Å². The van der Waals surface area contributed by atoms with E-state index in [0.717, 1.165) is 11.4 Å². The quantitative estimate of drug-likeness (QED) is 0.682. The minimum absolute atomic E-state index is 0.279. The number of anilines is 2. The van der Waals surface area contributed by atoms with Gasteiger partial charge in [0.15, 0.2) is 13.2 Å². The Balaban J connectivity index is 1.70. The molecule has 2 rings (SSSR count). The molecule has 7 heteroatoms. The molecule has 2 aromatic carbocycles. The van der Waals surface area contributed by atoms with Crippen LogP contribution in [0.1, 0.15) is 6.92 Å². The predicted molar refractivity (Wildman–Crippen MR) is 103 cm³/mol. The fraction of sp³-hybridized carbons (Fsp3) is 0.300. The van der Waals surface area contributed by atoms with Gasteiger partial charge in [-0.05, 0) is 55.5 Å². The lowest BCUT2D eigenvalue weighted by Crippen LogP contribution is -2.23. The zero-order valence-corrected chi connectivity index (χ0v) is 15.7. The molecular formula is C20H24N2O5. The van der Waals surface area contributed by atoms with Gasteiger partial charge in [0.25, 0.3) is 5.91 Å². The van der Waals surface area contributed by atoms with E-state index in [4.69, 9.17) is 14.2 Å². The summed E-state index contributed by atoms with van der Waals surface area (Å²) in [6.07, 6.45) is 0. The van der Waals surface area contributed by atoms with Crippen molar-refractivity contribution in [1.82, 2.24) is 0 Å². The molecule has 2 aromatic rings. The number of benzene rings is 2. The second-order valence-electron chi connectivity index (χ2n) is 5.84. The lowest BCUT2D eigenvalue weighted by Gasteiger charge is -2.13. The molecule has 0 aliphatic carbocycles. The molecule has 1 N–H and O–H groups in total. The first-order valence-electron chi connectivity index (χ1n) is 8.56. The highest BCUT2D eigenvalue weighted by molar-refractivity contribution is 5.93. The summed E-state index contributed by atoms with van der Waals surface area (Å²) in [5, 5.41) is 2.67. The molecule has 0 fully saturated rings. The van der Waals surface area contributed by atoms with Crippen molar-refractivity contribution in [2.24, 2.45) is 0 Å². The number of esters is 1. The van der Waals surface area contributed by atoms with Crippen LogP contribution in [0.2, 0.25) is 0 Å². The molecule has 0 saturated carbocycles. The minimum Gasteiger partial charge on any atom is -0.494 e. The van der Waals surface area contributed by atoms with Crippen molar-refractivity contribution in [2.45, 2.75) is 6.92 Å². The van der Waals surface area contributed by atoms with Crippen LogP contribution in [0.25, 0.3) is 0 Å². The fourth-order valence-corrected chi connectivity index (χ4v) is 2.17. The normalized spacial score (nSPS) is 10.0. The third-order valence-corrected chi connectivity index (χ3v) is 3.52. The molecule has 7 nitrogen and oxygen atoms in total. The number of ether oxygens (including phenoxy) is 3. The van der Waals surface area contributed by atoms with Crippen LogP contribution in [0.15, 0.2) is 48.5 Å². The number of amides is 1. The van der Waals surface area contributed by atoms with Crippen molar-refractivity contribution in [2.75, 3.05) is 44.1 Å². The van der Waals surface area contributed by atoms with Crippen LogP contribution in [-0.2, 0) is 14.3 Å². The fourth-order valence-electron chi connectivity index (χ4n) is 2.17. The highest BCUT2D eigenvalue weighted by Gasteiger charge is 2.09. The van der Waals surface area contributed by atoms with Crippen molar-refractivity contribution >= 4 is 23.3 Å². The van der Waals surface area contributed by atoms with Crippen LogP contribution in [0.5, 0.6) is 11.5 Å². The number of nitrogens with one attached hydrogen (secondary N) is 1. The van der Waals surface area contributed by atoms with Crippen LogP contribution in [0, 0.1) is 0 Å². The van der Waals surface area contributed by atoms with Gasteiger partial charge >= 0.3 is 5.97 Å². The largest absolute Gasteiger partial charge is 0.494 e. The van der Waals surface area contributed by atoms with Gasteiger partial charge in [0.1, 0.15) is 11.5 Å². The molecule has 0 aliphatic rings. The summed E-state index contributed by atoms with van der Waals surface area (Å²) >= 11 is 0. The third kappa shape index (κ3) is 6.89. The topological polar surface area (TPSA) is 77.1 Å². The maximum absolute atomic E-state index is 11.9. The molecule has 1 amide bonds. The van der Waals surface area contributed by atoms with E-state index in [1.807, 2.05) is 38.1 Å². The van der Waals surface area contributed by atoms with Crippen LogP contribution in [0.4, 0.5) is 11.4 Å². The lowest BCUT2D eigenvalue weighted by atomic mass is 10.2. The Hall–Kier alpha value is -3.22. The first-order valence-corrected chi connectivity index (χ1v) is 8.56. The van der Waals surface area contributed by atoms with E-state index in [1.54, 1.807) is 36.4 Å². The van der Waals surface area contributed by atoms with Crippen molar-refractivity contribution in [1.29, 1.82) is 0 Å². The summed E-state index contributed by atoms with van der Waals surface area (Å²) < 4.78 is 15.6. The molecule has 0 heterocycles. The predicted octanol–water partition coefficient (Wildman–Crippen LogP) is 2.71. The first-order chi connectivity index (χ1) is 13.0. The van der Waals surface area contributed by atoms with Crippen molar-refractivity contribution in [3.63, 3.8) is 0 Å². The number of rotatable bonds is 9. The molecule has 27 heavy (non-hydrogen) atoms. The van der Waals surface area contributed by atoms with Crippen molar-refractivity contribution in [3.8, 4) is 11.5 Å². The van der Waals surface area contributed by atoms with Crippen LogP contribution in [-0.4, -0.2) is 45.8 Å². The van der Waals surface area contributed by atoms with Crippen molar-refractivity contribution in [3.05, 3.63) is 48.5 Å². The average Bonchev–Trinajstić information content (AvgIpc) is 2.66. The van der Waals surface area contributed by atoms with Gasteiger partial charge in [-0.1, -0.05) is 0 Å². The van der Waals surface area contributed by atoms with Gasteiger partial charge in [-0.2, -0.15) is 0 Å². The van der Waals surface area contributed by atoms with Crippen molar-refractivity contribution < 1.29 is 23.8 Å². The number of hydrogen-bond donors (Lipinski definition) is 1. The van der Waals surface area contributed by atoms with Gasteiger partial charge in [0.05, 0.1) is 6.61 Å². The Morgan fingerprint density at radius 1 is 0.889 bits per heavy atom. The number of hydrogen-bond acceptors (Lipinski definition) is 6. The maximum atomic E-state index is 11.9. The van der Waals surface area contributed by atoms with E-state index in [0.29, 0.717) is 18.0 Å². The standard InChI is InChI=1S/C20H24N2O5/c1-4-25-17-9-11-18(12-10-17)26-14-20(24)27-13-19(23)21-15-5-7-16(8-6-15)22(2)3/h5-12H,4,13-14H2,1-3H3,(H,21,23). The minimum atomic E-state index is -0.623. The van der Waals surface area contributed by atoms with Crippen LogP contribution >= 0.6 is 0 Å². The molecule has 0 aromatic heterocycles. The molecule has 0 atom stereocenters. The zero-order valence-electron chi connectivity index (χ0n) is 15.7. The van der Waals surface area contributed by atoms with E-state index >= 15 is 0 Å². The zero-order chi connectivity index (χ0) is 19.6. The smallest absolute Gasteiger partial charge is 0.344 e. The van der Waals surface area contributed by atoms with Gasteiger partial charge in [0, 0.05) is 25.5 Å². The lowest BCUT2D eigenvalue weighted by molar-refractivity contribution is -0.149. The van der Waals surface area contributed by atoms with Crippen LogP contribution < -0.4 is 19.7 Å². The Labute approximate surface area is 158 Å². The average molecular weight is 372 g/mol. The van der Waals surface area contributed by atoms with Gasteiger partial charge in [-0.15, -0.1) is 0 Å². The Morgan fingerprint density at radius 2 is 1.48 bits per heavy atom. The van der Waals surface area contributed by atoms with E-state index in [1.165, 1.54) is 0 Å². The molecule has 0 radical (unpaired) electrons. The maximum Gasteiger partial charge on any atom is 0.344 e. The molecule has 0 saturated heterocycles. The molecule has 0 aliphatic heterocycles. The Morgan fingerprint density at radius 3 is 2.04 bits per heavy atom. The monoisotopic (exact) mass is 372 g/mol.